The Morgan fingerprint density at radius 1 is 1.25 bits per heavy atom. The monoisotopic (exact) mass is 392 g/mol. The van der Waals surface area contributed by atoms with Crippen molar-refractivity contribution in [3.8, 4) is 0 Å². The number of rotatable bonds is 4. The first kappa shape index (κ1) is 17.4. The standard InChI is InChI=1S/C22H20N2O3S/c1-14-8-9-17-20(11-14)28-22(23-17)24(13-16-6-4-10-26-16)21(25)19-12-15-5-2-3-7-18(15)27-19/h2-3,5,7-9,11-12,16H,4,6,10,13H2,1H3/t16-/m0/s1. The minimum Gasteiger partial charge on any atom is -0.451 e. The fourth-order valence-electron chi connectivity index (χ4n) is 3.60. The SMILES string of the molecule is Cc1ccc2nc(N(C[C@@H]3CCCO3)C(=O)c3cc4ccccc4o3)sc2c1. The van der Waals surface area contributed by atoms with E-state index in [0.717, 1.165) is 35.1 Å². The number of aryl methyl sites for hydroxylation is 1. The minimum absolute atomic E-state index is 0.0297. The Hall–Kier alpha value is -2.70. The van der Waals surface area contributed by atoms with Crippen molar-refractivity contribution in [1.82, 2.24) is 4.98 Å². The van der Waals surface area contributed by atoms with Gasteiger partial charge in [0.05, 0.1) is 22.9 Å². The second-order valence-electron chi connectivity index (χ2n) is 7.17. The molecule has 1 aliphatic rings. The van der Waals surface area contributed by atoms with Crippen molar-refractivity contribution in [2.24, 2.45) is 0 Å². The quantitative estimate of drug-likeness (QED) is 0.480. The number of benzene rings is 2. The normalized spacial score (nSPS) is 16.8. The van der Waals surface area contributed by atoms with E-state index < -0.39 is 0 Å². The van der Waals surface area contributed by atoms with Gasteiger partial charge in [-0.2, -0.15) is 0 Å². The zero-order valence-electron chi connectivity index (χ0n) is 15.6. The summed E-state index contributed by atoms with van der Waals surface area (Å²) in [5.74, 6) is 0.150. The van der Waals surface area contributed by atoms with Crippen LogP contribution in [0.4, 0.5) is 5.13 Å². The molecule has 2 aromatic heterocycles. The number of thiazole rings is 1. The predicted molar refractivity (Wildman–Crippen MR) is 111 cm³/mol. The summed E-state index contributed by atoms with van der Waals surface area (Å²) in [6, 6.07) is 15.6. The highest BCUT2D eigenvalue weighted by atomic mass is 32.1. The second kappa shape index (κ2) is 7.04. The van der Waals surface area contributed by atoms with Gasteiger partial charge in [0, 0.05) is 12.0 Å². The van der Waals surface area contributed by atoms with Crippen LogP contribution in [-0.4, -0.2) is 30.1 Å². The lowest BCUT2D eigenvalue weighted by molar-refractivity contribution is 0.0896. The number of carbonyl (C=O) groups excluding carboxylic acids is 1. The number of carbonyl (C=O) groups is 1. The van der Waals surface area contributed by atoms with Gasteiger partial charge in [0.15, 0.2) is 10.9 Å². The van der Waals surface area contributed by atoms with Crippen LogP contribution < -0.4 is 4.90 Å². The molecule has 1 saturated heterocycles. The molecule has 1 amide bonds. The Morgan fingerprint density at radius 3 is 2.96 bits per heavy atom. The van der Waals surface area contributed by atoms with E-state index in [1.54, 1.807) is 11.0 Å². The molecule has 5 nitrogen and oxygen atoms in total. The van der Waals surface area contributed by atoms with E-state index in [1.165, 1.54) is 16.9 Å². The molecule has 28 heavy (non-hydrogen) atoms. The molecule has 0 radical (unpaired) electrons. The first-order valence-corrected chi connectivity index (χ1v) is 10.3. The summed E-state index contributed by atoms with van der Waals surface area (Å²) in [7, 11) is 0. The smallest absolute Gasteiger partial charge is 0.295 e. The lowest BCUT2D eigenvalue weighted by Gasteiger charge is -2.22. The Morgan fingerprint density at radius 2 is 2.14 bits per heavy atom. The number of nitrogens with zero attached hydrogens (tertiary/aromatic N) is 2. The molecular formula is C22H20N2O3S. The van der Waals surface area contributed by atoms with Crippen LogP contribution in [0.3, 0.4) is 0 Å². The average Bonchev–Trinajstić information content (AvgIpc) is 3.43. The summed E-state index contributed by atoms with van der Waals surface area (Å²) in [4.78, 5) is 19.8. The van der Waals surface area contributed by atoms with E-state index in [0.29, 0.717) is 23.0 Å². The highest BCUT2D eigenvalue weighted by Gasteiger charge is 2.29. The van der Waals surface area contributed by atoms with Gasteiger partial charge in [-0.1, -0.05) is 35.6 Å². The molecule has 5 rings (SSSR count). The van der Waals surface area contributed by atoms with Crippen LogP contribution >= 0.6 is 11.3 Å². The van der Waals surface area contributed by atoms with Gasteiger partial charge in [0.1, 0.15) is 5.58 Å². The van der Waals surface area contributed by atoms with Crippen LogP contribution in [0.5, 0.6) is 0 Å². The van der Waals surface area contributed by atoms with Gasteiger partial charge in [0.2, 0.25) is 0 Å². The molecule has 2 aromatic carbocycles. The maximum atomic E-state index is 13.4. The number of para-hydroxylation sites is 1. The number of fused-ring (bicyclic) bond motifs is 2. The molecular weight excluding hydrogens is 372 g/mol. The zero-order valence-corrected chi connectivity index (χ0v) is 16.4. The second-order valence-corrected chi connectivity index (χ2v) is 8.18. The lowest BCUT2D eigenvalue weighted by Crippen LogP contribution is -2.37. The van der Waals surface area contributed by atoms with Crippen LogP contribution in [0.2, 0.25) is 0 Å². The Labute approximate surface area is 166 Å². The molecule has 0 unspecified atom stereocenters. The third-order valence-electron chi connectivity index (χ3n) is 5.06. The fraction of sp³-hybridized carbons (Fsp3) is 0.273. The molecule has 0 spiro atoms. The largest absolute Gasteiger partial charge is 0.451 e. The third kappa shape index (κ3) is 3.19. The molecule has 1 fully saturated rings. The van der Waals surface area contributed by atoms with Gasteiger partial charge in [-0.25, -0.2) is 4.98 Å². The summed E-state index contributed by atoms with van der Waals surface area (Å²) >= 11 is 1.53. The van der Waals surface area contributed by atoms with E-state index in [1.807, 2.05) is 36.4 Å². The van der Waals surface area contributed by atoms with Crippen LogP contribution in [0.1, 0.15) is 29.0 Å². The van der Waals surface area contributed by atoms with Gasteiger partial charge >= 0.3 is 0 Å². The molecule has 0 N–H and O–H groups in total. The molecule has 0 aliphatic carbocycles. The highest BCUT2D eigenvalue weighted by molar-refractivity contribution is 7.22. The summed E-state index contributed by atoms with van der Waals surface area (Å²) in [6.07, 6.45) is 2.01. The number of hydrogen-bond donors (Lipinski definition) is 0. The summed E-state index contributed by atoms with van der Waals surface area (Å²) in [6.45, 7) is 3.29. The van der Waals surface area contributed by atoms with E-state index in [-0.39, 0.29) is 12.0 Å². The first-order valence-electron chi connectivity index (χ1n) is 9.46. The Balaban J connectivity index is 1.55. The van der Waals surface area contributed by atoms with Gasteiger partial charge in [-0.3, -0.25) is 9.69 Å². The molecule has 1 atom stereocenters. The van der Waals surface area contributed by atoms with Gasteiger partial charge in [0.25, 0.3) is 5.91 Å². The van der Waals surface area contributed by atoms with E-state index in [9.17, 15) is 4.79 Å². The molecule has 3 heterocycles. The van der Waals surface area contributed by atoms with Crippen molar-refractivity contribution >= 4 is 43.6 Å². The van der Waals surface area contributed by atoms with Crippen molar-refractivity contribution in [3.05, 3.63) is 59.9 Å². The van der Waals surface area contributed by atoms with Crippen molar-refractivity contribution < 1.29 is 13.9 Å². The Kier molecular flexibility index (Phi) is 4.37. The van der Waals surface area contributed by atoms with Crippen molar-refractivity contribution in [2.75, 3.05) is 18.1 Å². The number of anilines is 1. The van der Waals surface area contributed by atoms with Crippen LogP contribution in [0.15, 0.2) is 52.9 Å². The minimum atomic E-state index is -0.178. The van der Waals surface area contributed by atoms with Crippen molar-refractivity contribution in [2.45, 2.75) is 25.9 Å². The predicted octanol–water partition coefficient (Wildman–Crippen LogP) is 5.18. The molecule has 0 bridgehead atoms. The number of hydrogen-bond acceptors (Lipinski definition) is 5. The maximum absolute atomic E-state index is 13.4. The number of ether oxygens (including phenoxy) is 1. The first-order chi connectivity index (χ1) is 13.7. The number of amides is 1. The van der Waals surface area contributed by atoms with Gasteiger partial charge in [-0.15, -0.1) is 0 Å². The van der Waals surface area contributed by atoms with Crippen LogP contribution in [0, 0.1) is 6.92 Å². The number of aromatic nitrogens is 1. The van der Waals surface area contributed by atoms with E-state index >= 15 is 0 Å². The summed E-state index contributed by atoms with van der Waals surface area (Å²) in [5.41, 5.74) is 2.79. The molecule has 1 aliphatic heterocycles. The van der Waals surface area contributed by atoms with Gasteiger partial charge in [-0.05, 0) is 49.6 Å². The average molecular weight is 392 g/mol. The van der Waals surface area contributed by atoms with Crippen LogP contribution in [0.25, 0.3) is 21.2 Å². The Bertz CT molecular complexity index is 1120. The number of furan rings is 1. The third-order valence-corrected chi connectivity index (χ3v) is 6.10. The van der Waals surface area contributed by atoms with E-state index in [2.05, 4.69) is 13.0 Å². The molecule has 0 saturated carbocycles. The summed E-state index contributed by atoms with van der Waals surface area (Å²) < 4.78 is 12.7. The fourth-order valence-corrected chi connectivity index (χ4v) is 4.67. The summed E-state index contributed by atoms with van der Waals surface area (Å²) in [5, 5.41) is 1.60. The maximum Gasteiger partial charge on any atom is 0.295 e. The topological polar surface area (TPSA) is 55.6 Å². The van der Waals surface area contributed by atoms with Crippen molar-refractivity contribution in [1.29, 1.82) is 0 Å². The lowest BCUT2D eigenvalue weighted by atomic mass is 10.2. The molecule has 142 valence electrons. The van der Waals surface area contributed by atoms with Crippen LogP contribution in [-0.2, 0) is 4.74 Å². The highest BCUT2D eigenvalue weighted by Crippen LogP contribution is 2.32. The molecule has 6 heteroatoms. The van der Waals surface area contributed by atoms with Gasteiger partial charge < -0.3 is 9.15 Å². The van der Waals surface area contributed by atoms with E-state index in [4.69, 9.17) is 14.1 Å². The zero-order chi connectivity index (χ0) is 19.1. The van der Waals surface area contributed by atoms with Crippen molar-refractivity contribution in [3.63, 3.8) is 0 Å². The molecule has 4 aromatic rings.